The van der Waals surface area contributed by atoms with E-state index in [4.69, 9.17) is 25.8 Å². The number of amides is 1. The Labute approximate surface area is 208 Å². The zero-order valence-electron chi connectivity index (χ0n) is 19.5. The van der Waals surface area contributed by atoms with Crippen molar-refractivity contribution < 1.29 is 34.0 Å². The molecule has 10 heteroatoms. The number of hydrogen-bond donors (Lipinski definition) is 2. The van der Waals surface area contributed by atoms with Crippen molar-refractivity contribution in [3.8, 4) is 17.2 Å². The Balaban J connectivity index is 1.81. The summed E-state index contributed by atoms with van der Waals surface area (Å²) in [6.45, 7) is 3.44. The van der Waals surface area contributed by atoms with E-state index in [1.54, 1.807) is 18.2 Å². The van der Waals surface area contributed by atoms with E-state index in [2.05, 4.69) is 4.90 Å². The molecule has 0 spiro atoms. The van der Waals surface area contributed by atoms with Crippen molar-refractivity contribution in [1.29, 1.82) is 0 Å². The standard InChI is InChI=1S/C25H27ClN2O7/c1-33-19-6-3-15(13-20(19)34-2)22-21(23(30)17-14-16(26)4-5-18(17)29)24(31)25(32)28(22)8-7-27-9-11-35-12-10-27/h3-6,13-14,22,29-30H,7-12H2,1-2H3/b23-21+. The lowest BCUT2D eigenvalue weighted by molar-refractivity contribution is -0.140. The van der Waals surface area contributed by atoms with Gasteiger partial charge in [-0.05, 0) is 35.9 Å². The van der Waals surface area contributed by atoms with Crippen LogP contribution in [0.2, 0.25) is 5.02 Å². The van der Waals surface area contributed by atoms with Gasteiger partial charge in [0.05, 0.1) is 44.6 Å². The van der Waals surface area contributed by atoms with Crippen molar-refractivity contribution in [2.75, 3.05) is 53.6 Å². The topological polar surface area (TPSA) is 109 Å². The molecule has 186 valence electrons. The molecule has 0 aromatic heterocycles. The number of hydrogen-bond acceptors (Lipinski definition) is 8. The van der Waals surface area contributed by atoms with Gasteiger partial charge in [-0.15, -0.1) is 0 Å². The Hall–Kier alpha value is -3.27. The van der Waals surface area contributed by atoms with Crippen molar-refractivity contribution >= 4 is 29.1 Å². The molecule has 0 aliphatic carbocycles. The monoisotopic (exact) mass is 502 g/mol. The molecule has 2 N–H and O–H groups in total. The average Bonchev–Trinajstić information content (AvgIpc) is 3.13. The fourth-order valence-electron chi connectivity index (χ4n) is 4.40. The highest BCUT2D eigenvalue weighted by atomic mass is 35.5. The summed E-state index contributed by atoms with van der Waals surface area (Å²) < 4.78 is 16.1. The number of ether oxygens (including phenoxy) is 3. The highest BCUT2D eigenvalue weighted by molar-refractivity contribution is 6.46. The summed E-state index contributed by atoms with van der Waals surface area (Å²) in [4.78, 5) is 30.0. The number of aliphatic hydroxyl groups excluding tert-OH is 1. The summed E-state index contributed by atoms with van der Waals surface area (Å²) in [7, 11) is 2.99. The van der Waals surface area contributed by atoms with Gasteiger partial charge in [-0.1, -0.05) is 17.7 Å². The van der Waals surface area contributed by atoms with Gasteiger partial charge in [0.15, 0.2) is 11.5 Å². The second kappa shape index (κ2) is 10.6. The summed E-state index contributed by atoms with van der Waals surface area (Å²) in [6, 6.07) is 8.27. The van der Waals surface area contributed by atoms with Gasteiger partial charge in [0.25, 0.3) is 11.7 Å². The fraction of sp³-hybridized carbons (Fsp3) is 0.360. The molecule has 35 heavy (non-hydrogen) atoms. The lowest BCUT2D eigenvalue weighted by Gasteiger charge is -2.31. The molecular weight excluding hydrogens is 476 g/mol. The number of benzene rings is 2. The Morgan fingerprint density at radius 3 is 2.46 bits per heavy atom. The highest BCUT2D eigenvalue weighted by Gasteiger charge is 2.46. The number of phenolic OH excluding ortho intramolecular Hbond substituents is 1. The molecule has 2 aromatic carbocycles. The second-order valence-corrected chi connectivity index (χ2v) is 8.66. The molecule has 1 unspecified atom stereocenters. The number of methoxy groups -OCH3 is 2. The van der Waals surface area contributed by atoms with Crippen LogP contribution >= 0.6 is 11.6 Å². The van der Waals surface area contributed by atoms with Gasteiger partial charge in [-0.25, -0.2) is 0 Å². The van der Waals surface area contributed by atoms with E-state index in [9.17, 15) is 19.8 Å². The van der Waals surface area contributed by atoms with Crippen LogP contribution in [0.15, 0.2) is 42.0 Å². The summed E-state index contributed by atoms with van der Waals surface area (Å²) in [5.41, 5.74) is 0.378. The number of morpholine rings is 1. The molecule has 2 aliphatic rings. The number of likely N-dealkylation sites (tertiary alicyclic amines) is 1. The first-order valence-electron chi connectivity index (χ1n) is 11.1. The third-order valence-corrected chi connectivity index (χ3v) is 6.47. The van der Waals surface area contributed by atoms with Crippen LogP contribution in [0.3, 0.4) is 0 Å². The molecular formula is C25H27ClN2O7. The first-order valence-corrected chi connectivity index (χ1v) is 11.5. The summed E-state index contributed by atoms with van der Waals surface area (Å²) >= 11 is 6.07. The van der Waals surface area contributed by atoms with Gasteiger partial charge in [-0.2, -0.15) is 0 Å². The molecule has 9 nitrogen and oxygen atoms in total. The molecule has 1 atom stereocenters. The Kier molecular flexibility index (Phi) is 7.49. The van der Waals surface area contributed by atoms with Gasteiger partial charge < -0.3 is 29.3 Å². The number of halogens is 1. The molecule has 2 fully saturated rings. The Bertz CT molecular complexity index is 1160. The normalized spacial score (nSPS) is 20.3. The maximum Gasteiger partial charge on any atom is 0.295 e. The minimum Gasteiger partial charge on any atom is -0.507 e. The van der Waals surface area contributed by atoms with E-state index in [-0.39, 0.29) is 28.5 Å². The molecule has 1 amide bonds. The van der Waals surface area contributed by atoms with Gasteiger partial charge in [0.1, 0.15) is 11.5 Å². The molecule has 2 heterocycles. The van der Waals surface area contributed by atoms with E-state index in [0.717, 1.165) is 13.1 Å². The molecule has 2 saturated heterocycles. The number of rotatable bonds is 7. The maximum atomic E-state index is 13.2. The SMILES string of the molecule is COc1ccc(C2/C(=C(\O)c3cc(Cl)ccc3O)C(=O)C(=O)N2CCN2CCOCC2)cc1OC. The van der Waals surface area contributed by atoms with Crippen LogP contribution in [0, 0.1) is 0 Å². The van der Waals surface area contributed by atoms with Crippen molar-refractivity contribution in [3.63, 3.8) is 0 Å². The summed E-state index contributed by atoms with van der Waals surface area (Å²) in [5.74, 6) is -1.46. The molecule has 0 bridgehead atoms. The van der Waals surface area contributed by atoms with E-state index < -0.39 is 23.5 Å². The van der Waals surface area contributed by atoms with E-state index in [0.29, 0.717) is 36.8 Å². The lowest BCUT2D eigenvalue weighted by Crippen LogP contribution is -2.42. The Morgan fingerprint density at radius 1 is 1.06 bits per heavy atom. The molecule has 4 rings (SSSR count). The van der Waals surface area contributed by atoms with Crippen LogP contribution in [0.1, 0.15) is 17.2 Å². The highest BCUT2D eigenvalue weighted by Crippen LogP contribution is 2.43. The van der Waals surface area contributed by atoms with Crippen LogP contribution in [-0.2, 0) is 14.3 Å². The maximum absolute atomic E-state index is 13.2. The number of Topliss-reactive ketones (excluding diaryl/α,β-unsaturated/α-hetero) is 1. The molecule has 0 radical (unpaired) electrons. The van der Waals surface area contributed by atoms with E-state index >= 15 is 0 Å². The fourth-order valence-corrected chi connectivity index (χ4v) is 4.57. The molecule has 2 aliphatic heterocycles. The van der Waals surface area contributed by atoms with Crippen LogP contribution in [0.4, 0.5) is 0 Å². The third-order valence-electron chi connectivity index (χ3n) is 6.24. The van der Waals surface area contributed by atoms with Crippen LogP contribution in [0.5, 0.6) is 17.2 Å². The Morgan fingerprint density at radius 2 is 1.77 bits per heavy atom. The second-order valence-electron chi connectivity index (χ2n) is 8.22. The number of ketones is 1. The molecule has 2 aromatic rings. The number of aliphatic hydroxyl groups is 1. The summed E-state index contributed by atoms with van der Waals surface area (Å²) in [6.07, 6.45) is 0. The van der Waals surface area contributed by atoms with Gasteiger partial charge in [-0.3, -0.25) is 14.5 Å². The quantitative estimate of drug-likeness (QED) is 0.338. The number of phenols is 1. The van der Waals surface area contributed by atoms with Gasteiger partial charge in [0.2, 0.25) is 0 Å². The van der Waals surface area contributed by atoms with Gasteiger partial charge in [0, 0.05) is 31.2 Å². The first kappa shape index (κ1) is 24.8. The number of nitrogens with zero attached hydrogens (tertiary/aromatic N) is 2. The van der Waals surface area contributed by atoms with Crippen LogP contribution in [0.25, 0.3) is 5.76 Å². The number of carbonyl (C=O) groups excluding carboxylic acids is 2. The first-order chi connectivity index (χ1) is 16.8. The van der Waals surface area contributed by atoms with Crippen LogP contribution in [-0.4, -0.2) is 85.3 Å². The van der Waals surface area contributed by atoms with Crippen molar-refractivity contribution in [2.45, 2.75) is 6.04 Å². The minimum absolute atomic E-state index is 0.0332. The van der Waals surface area contributed by atoms with Crippen LogP contribution < -0.4 is 9.47 Å². The molecule has 0 saturated carbocycles. The van der Waals surface area contributed by atoms with Gasteiger partial charge >= 0.3 is 0 Å². The minimum atomic E-state index is -0.908. The third kappa shape index (κ3) is 4.93. The smallest absolute Gasteiger partial charge is 0.295 e. The van der Waals surface area contributed by atoms with E-state index in [1.807, 2.05) is 0 Å². The zero-order valence-corrected chi connectivity index (χ0v) is 20.2. The van der Waals surface area contributed by atoms with Crippen molar-refractivity contribution in [2.24, 2.45) is 0 Å². The lowest BCUT2D eigenvalue weighted by atomic mass is 9.94. The van der Waals surface area contributed by atoms with Crippen molar-refractivity contribution in [3.05, 3.63) is 58.1 Å². The predicted molar refractivity (Wildman–Crippen MR) is 129 cm³/mol. The number of aromatic hydroxyl groups is 1. The predicted octanol–water partition coefficient (Wildman–Crippen LogP) is 2.82. The zero-order chi connectivity index (χ0) is 25.1. The summed E-state index contributed by atoms with van der Waals surface area (Å²) in [5, 5.41) is 21.8. The average molecular weight is 503 g/mol. The van der Waals surface area contributed by atoms with E-state index in [1.165, 1.54) is 37.3 Å². The van der Waals surface area contributed by atoms with Crippen molar-refractivity contribution in [1.82, 2.24) is 9.80 Å². The number of carbonyl (C=O) groups is 2. The largest absolute Gasteiger partial charge is 0.507 e.